The van der Waals surface area contributed by atoms with Crippen molar-refractivity contribution in [2.45, 2.75) is 31.5 Å². The maximum Gasteiger partial charge on any atom is 0.329 e. The Morgan fingerprint density at radius 3 is 2.54 bits per heavy atom. The Bertz CT molecular complexity index is 793. The number of hydrogen-bond acceptors (Lipinski definition) is 5. The molecule has 0 aromatic heterocycles. The second kappa shape index (κ2) is 7.68. The van der Waals surface area contributed by atoms with Gasteiger partial charge in [-0.2, -0.15) is 0 Å². The van der Waals surface area contributed by atoms with E-state index in [9.17, 15) is 14.7 Å². The summed E-state index contributed by atoms with van der Waals surface area (Å²) in [6.45, 7) is 1.29. The van der Waals surface area contributed by atoms with E-state index >= 15 is 0 Å². The van der Waals surface area contributed by atoms with E-state index in [1.807, 2.05) is 30.3 Å². The lowest BCUT2D eigenvalue weighted by molar-refractivity contribution is -0.147. The lowest BCUT2D eigenvalue weighted by atomic mass is 10.0. The first kappa shape index (κ1) is 18.1. The number of rotatable bonds is 5. The molecule has 0 spiro atoms. The molecule has 0 radical (unpaired) electrons. The fourth-order valence-electron chi connectivity index (χ4n) is 3.23. The highest BCUT2D eigenvalue weighted by molar-refractivity contribution is 6.01. The summed E-state index contributed by atoms with van der Waals surface area (Å²) in [6, 6.07) is 14.9. The summed E-state index contributed by atoms with van der Waals surface area (Å²) in [5.74, 6) is -0.738. The normalized spacial score (nSPS) is 18.1. The van der Waals surface area contributed by atoms with Crippen LogP contribution < -0.4 is 10.6 Å². The smallest absolute Gasteiger partial charge is 0.329 e. The lowest BCUT2D eigenvalue weighted by Crippen LogP contribution is -2.44. The van der Waals surface area contributed by atoms with Crippen molar-refractivity contribution < 1.29 is 19.4 Å². The Morgan fingerprint density at radius 1 is 1.19 bits per heavy atom. The van der Waals surface area contributed by atoms with Crippen LogP contribution >= 0.6 is 0 Å². The molecule has 136 valence electrons. The summed E-state index contributed by atoms with van der Waals surface area (Å²) in [6.07, 6.45) is -0.529. The van der Waals surface area contributed by atoms with Crippen LogP contribution in [0.2, 0.25) is 0 Å². The number of hydrogen-bond donors (Lipinski definition) is 2. The lowest BCUT2D eigenvalue weighted by Gasteiger charge is -2.24. The number of aliphatic hydroxyl groups is 1. The molecular weight excluding hydrogens is 332 g/mol. The number of amides is 1. The van der Waals surface area contributed by atoms with E-state index in [-0.39, 0.29) is 12.5 Å². The van der Waals surface area contributed by atoms with Crippen LogP contribution in [-0.2, 0) is 20.7 Å². The van der Waals surface area contributed by atoms with Crippen molar-refractivity contribution in [1.82, 2.24) is 0 Å². The molecule has 3 atom stereocenters. The number of esters is 1. The quantitative estimate of drug-likeness (QED) is 0.795. The molecule has 3 rings (SSSR count). The molecule has 0 bridgehead atoms. The minimum absolute atomic E-state index is 0.131. The SMILES string of the molecule is CC(=O)N1c2ccccc2C[C@H]1C(=O)OC[C@H](N)[C@@H](O)c1ccccc1. The molecule has 2 aromatic rings. The first-order valence-electron chi connectivity index (χ1n) is 8.52. The third kappa shape index (κ3) is 3.61. The van der Waals surface area contributed by atoms with Gasteiger partial charge < -0.3 is 15.6 Å². The topological polar surface area (TPSA) is 92.9 Å². The summed E-state index contributed by atoms with van der Waals surface area (Å²) in [4.78, 5) is 26.0. The van der Waals surface area contributed by atoms with Gasteiger partial charge in [0.05, 0.1) is 12.1 Å². The van der Waals surface area contributed by atoms with Crippen LogP contribution in [0.1, 0.15) is 24.2 Å². The van der Waals surface area contributed by atoms with E-state index in [1.54, 1.807) is 24.3 Å². The number of carbonyl (C=O) groups is 2. The van der Waals surface area contributed by atoms with Crippen molar-refractivity contribution >= 4 is 17.6 Å². The van der Waals surface area contributed by atoms with Gasteiger partial charge in [-0.05, 0) is 17.2 Å². The van der Waals surface area contributed by atoms with E-state index in [2.05, 4.69) is 0 Å². The van der Waals surface area contributed by atoms with Crippen molar-refractivity contribution in [2.24, 2.45) is 5.73 Å². The van der Waals surface area contributed by atoms with Gasteiger partial charge in [0.1, 0.15) is 12.6 Å². The van der Waals surface area contributed by atoms with E-state index in [1.165, 1.54) is 11.8 Å². The molecule has 0 saturated heterocycles. The van der Waals surface area contributed by atoms with Gasteiger partial charge in [0.25, 0.3) is 0 Å². The fourth-order valence-corrected chi connectivity index (χ4v) is 3.23. The average Bonchev–Trinajstić information content (AvgIpc) is 3.05. The predicted octanol–water partition coefficient (Wildman–Crippen LogP) is 1.57. The number of nitrogens with zero attached hydrogens (tertiary/aromatic N) is 1. The number of carbonyl (C=O) groups excluding carboxylic acids is 2. The van der Waals surface area contributed by atoms with Crippen molar-refractivity contribution in [3.63, 3.8) is 0 Å². The van der Waals surface area contributed by atoms with Crippen LogP contribution in [0.15, 0.2) is 54.6 Å². The summed E-state index contributed by atoms with van der Waals surface area (Å²) in [5.41, 5.74) is 8.29. The van der Waals surface area contributed by atoms with Gasteiger partial charge in [0.2, 0.25) is 5.91 Å². The molecular formula is C20H22N2O4. The fraction of sp³-hybridized carbons (Fsp3) is 0.300. The summed E-state index contributed by atoms with van der Waals surface area (Å²) in [5, 5.41) is 10.3. The number of aliphatic hydroxyl groups excluding tert-OH is 1. The predicted molar refractivity (Wildman–Crippen MR) is 97.4 cm³/mol. The Balaban J connectivity index is 1.64. The molecule has 1 heterocycles. The van der Waals surface area contributed by atoms with E-state index < -0.39 is 24.2 Å². The zero-order chi connectivity index (χ0) is 18.7. The van der Waals surface area contributed by atoms with Crippen molar-refractivity contribution in [1.29, 1.82) is 0 Å². The van der Waals surface area contributed by atoms with Crippen molar-refractivity contribution in [2.75, 3.05) is 11.5 Å². The van der Waals surface area contributed by atoms with Gasteiger partial charge in [-0.3, -0.25) is 9.69 Å². The van der Waals surface area contributed by atoms with E-state index in [0.29, 0.717) is 12.0 Å². The molecule has 1 aliphatic heterocycles. The average molecular weight is 354 g/mol. The highest BCUT2D eigenvalue weighted by atomic mass is 16.5. The molecule has 2 aromatic carbocycles. The van der Waals surface area contributed by atoms with Gasteiger partial charge in [0, 0.05) is 19.0 Å². The van der Waals surface area contributed by atoms with E-state index in [0.717, 1.165) is 11.3 Å². The van der Waals surface area contributed by atoms with Crippen molar-refractivity contribution in [3.05, 3.63) is 65.7 Å². The largest absolute Gasteiger partial charge is 0.462 e. The second-order valence-electron chi connectivity index (χ2n) is 6.39. The number of anilines is 1. The second-order valence-corrected chi connectivity index (χ2v) is 6.39. The van der Waals surface area contributed by atoms with Crippen LogP contribution in [0.5, 0.6) is 0 Å². The third-order valence-corrected chi connectivity index (χ3v) is 4.55. The van der Waals surface area contributed by atoms with Gasteiger partial charge >= 0.3 is 5.97 Å². The number of ether oxygens (including phenoxy) is 1. The number of para-hydroxylation sites is 1. The Kier molecular flexibility index (Phi) is 5.35. The first-order valence-corrected chi connectivity index (χ1v) is 8.52. The summed E-state index contributed by atoms with van der Waals surface area (Å²) >= 11 is 0. The first-order chi connectivity index (χ1) is 12.5. The Labute approximate surface area is 152 Å². The monoisotopic (exact) mass is 354 g/mol. The van der Waals surface area contributed by atoms with Gasteiger partial charge in [-0.25, -0.2) is 4.79 Å². The minimum atomic E-state index is -0.936. The summed E-state index contributed by atoms with van der Waals surface area (Å²) in [7, 11) is 0. The molecule has 0 unspecified atom stereocenters. The summed E-state index contributed by atoms with van der Waals surface area (Å²) < 4.78 is 5.32. The number of nitrogens with two attached hydrogens (primary N) is 1. The zero-order valence-corrected chi connectivity index (χ0v) is 14.5. The highest BCUT2D eigenvalue weighted by Crippen LogP contribution is 2.32. The maximum atomic E-state index is 12.5. The molecule has 26 heavy (non-hydrogen) atoms. The minimum Gasteiger partial charge on any atom is -0.462 e. The molecule has 6 heteroatoms. The molecule has 1 amide bonds. The molecule has 0 saturated carbocycles. The van der Waals surface area contributed by atoms with Gasteiger partial charge in [-0.15, -0.1) is 0 Å². The zero-order valence-electron chi connectivity index (χ0n) is 14.5. The molecule has 0 aliphatic carbocycles. The molecule has 3 N–H and O–H groups in total. The Morgan fingerprint density at radius 2 is 1.85 bits per heavy atom. The standard InChI is InChI=1S/C20H22N2O4/c1-13(23)22-17-10-6-5-9-15(17)11-18(22)20(25)26-12-16(21)19(24)14-7-3-2-4-8-14/h2-10,16,18-19,24H,11-12,21H2,1H3/t16-,18-,19-/m0/s1. The molecule has 0 fully saturated rings. The number of benzene rings is 2. The van der Waals surface area contributed by atoms with Crippen LogP contribution in [0.25, 0.3) is 0 Å². The molecule has 6 nitrogen and oxygen atoms in total. The third-order valence-electron chi connectivity index (χ3n) is 4.55. The van der Waals surface area contributed by atoms with Crippen LogP contribution in [0.3, 0.4) is 0 Å². The van der Waals surface area contributed by atoms with Crippen LogP contribution in [0.4, 0.5) is 5.69 Å². The van der Waals surface area contributed by atoms with Crippen molar-refractivity contribution in [3.8, 4) is 0 Å². The maximum absolute atomic E-state index is 12.5. The molecule has 1 aliphatic rings. The van der Waals surface area contributed by atoms with Gasteiger partial charge in [0.15, 0.2) is 0 Å². The van der Waals surface area contributed by atoms with Gasteiger partial charge in [-0.1, -0.05) is 48.5 Å². The van der Waals surface area contributed by atoms with Crippen LogP contribution in [-0.4, -0.2) is 35.7 Å². The Hall–Kier alpha value is -2.70. The number of fused-ring (bicyclic) bond motifs is 1. The van der Waals surface area contributed by atoms with Crippen LogP contribution in [0, 0.1) is 0 Å². The van der Waals surface area contributed by atoms with E-state index in [4.69, 9.17) is 10.5 Å². The highest BCUT2D eigenvalue weighted by Gasteiger charge is 2.38.